The summed E-state index contributed by atoms with van der Waals surface area (Å²) >= 11 is 0. The predicted octanol–water partition coefficient (Wildman–Crippen LogP) is 2.25. The monoisotopic (exact) mass is 277 g/mol. The molecule has 0 bridgehead atoms. The van der Waals surface area contributed by atoms with E-state index in [0.717, 1.165) is 5.56 Å². The predicted molar refractivity (Wildman–Crippen MR) is 74.8 cm³/mol. The second-order valence-electron chi connectivity index (χ2n) is 4.64. The molecule has 2 rings (SSSR count). The second-order valence-corrected chi connectivity index (χ2v) is 4.64. The van der Waals surface area contributed by atoms with Gasteiger partial charge >= 0.3 is 0 Å². The van der Waals surface area contributed by atoms with Gasteiger partial charge in [-0.3, -0.25) is 0 Å². The standard InChI is InChI=1S/C14H19N3O3/c1-9(2)15-8-13-16-17-14(20-13)10-5-11(18-3)7-12(6-10)19-4/h5-7,9,15H,8H2,1-4H3. The van der Waals surface area contributed by atoms with Gasteiger partial charge in [-0.1, -0.05) is 13.8 Å². The van der Waals surface area contributed by atoms with Crippen molar-refractivity contribution in [2.75, 3.05) is 14.2 Å². The highest BCUT2D eigenvalue weighted by atomic mass is 16.5. The molecule has 0 aliphatic rings. The Hall–Kier alpha value is -2.08. The summed E-state index contributed by atoms with van der Waals surface area (Å²) in [6, 6.07) is 5.81. The van der Waals surface area contributed by atoms with Crippen LogP contribution in [0.5, 0.6) is 11.5 Å². The molecule has 1 aromatic heterocycles. The topological polar surface area (TPSA) is 69.4 Å². The van der Waals surface area contributed by atoms with Crippen molar-refractivity contribution in [3.05, 3.63) is 24.1 Å². The van der Waals surface area contributed by atoms with E-state index in [0.29, 0.717) is 35.9 Å². The molecule has 0 amide bonds. The summed E-state index contributed by atoms with van der Waals surface area (Å²) in [6.07, 6.45) is 0. The molecule has 0 aliphatic heterocycles. The van der Waals surface area contributed by atoms with Crippen LogP contribution in [-0.2, 0) is 6.54 Å². The van der Waals surface area contributed by atoms with E-state index in [1.807, 2.05) is 12.1 Å². The Balaban J connectivity index is 2.22. The number of rotatable bonds is 6. The number of aromatic nitrogens is 2. The summed E-state index contributed by atoms with van der Waals surface area (Å²) in [7, 11) is 3.20. The van der Waals surface area contributed by atoms with Gasteiger partial charge in [0.25, 0.3) is 0 Å². The van der Waals surface area contributed by atoms with E-state index in [4.69, 9.17) is 13.9 Å². The van der Waals surface area contributed by atoms with Crippen LogP contribution in [0.4, 0.5) is 0 Å². The van der Waals surface area contributed by atoms with Gasteiger partial charge in [0.1, 0.15) is 11.5 Å². The Morgan fingerprint density at radius 2 is 1.75 bits per heavy atom. The van der Waals surface area contributed by atoms with Gasteiger partial charge in [-0.2, -0.15) is 0 Å². The largest absolute Gasteiger partial charge is 0.497 e. The maximum atomic E-state index is 5.62. The Bertz CT molecular complexity index is 544. The quantitative estimate of drug-likeness (QED) is 0.873. The number of nitrogens with zero attached hydrogens (tertiary/aromatic N) is 2. The summed E-state index contributed by atoms with van der Waals surface area (Å²) < 4.78 is 16.1. The van der Waals surface area contributed by atoms with Crippen molar-refractivity contribution in [2.24, 2.45) is 0 Å². The van der Waals surface area contributed by atoms with Gasteiger partial charge in [0.05, 0.1) is 20.8 Å². The molecular formula is C14H19N3O3. The lowest BCUT2D eigenvalue weighted by Crippen LogP contribution is -2.21. The van der Waals surface area contributed by atoms with Gasteiger partial charge in [-0.05, 0) is 12.1 Å². The number of methoxy groups -OCH3 is 2. The van der Waals surface area contributed by atoms with Gasteiger partial charge in [0.15, 0.2) is 0 Å². The zero-order valence-corrected chi connectivity index (χ0v) is 12.1. The molecule has 1 aromatic carbocycles. The molecule has 6 heteroatoms. The Kier molecular flexibility index (Phi) is 4.57. The highest BCUT2D eigenvalue weighted by Gasteiger charge is 2.11. The van der Waals surface area contributed by atoms with Crippen LogP contribution in [0.15, 0.2) is 22.6 Å². The third kappa shape index (κ3) is 3.48. The van der Waals surface area contributed by atoms with Crippen molar-refractivity contribution >= 4 is 0 Å². The van der Waals surface area contributed by atoms with Crippen LogP contribution in [0.25, 0.3) is 11.5 Å². The molecule has 1 heterocycles. The van der Waals surface area contributed by atoms with Crippen LogP contribution < -0.4 is 14.8 Å². The van der Waals surface area contributed by atoms with Gasteiger partial charge < -0.3 is 19.2 Å². The molecule has 6 nitrogen and oxygen atoms in total. The lowest BCUT2D eigenvalue weighted by Gasteiger charge is -2.06. The summed E-state index contributed by atoms with van der Waals surface area (Å²) in [4.78, 5) is 0. The van der Waals surface area contributed by atoms with E-state index in [2.05, 4.69) is 29.4 Å². The number of ether oxygens (including phenoxy) is 2. The molecule has 1 N–H and O–H groups in total. The molecule has 0 spiro atoms. The highest BCUT2D eigenvalue weighted by molar-refractivity contribution is 5.59. The minimum absolute atomic E-state index is 0.363. The van der Waals surface area contributed by atoms with Gasteiger partial charge in [-0.25, -0.2) is 0 Å². The van der Waals surface area contributed by atoms with E-state index < -0.39 is 0 Å². The van der Waals surface area contributed by atoms with Crippen molar-refractivity contribution in [1.82, 2.24) is 15.5 Å². The molecule has 0 fully saturated rings. The molecule has 20 heavy (non-hydrogen) atoms. The lowest BCUT2D eigenvalue weighted by atomic mass is 10.2. The van der Waals surface area contributed by atoms with E-state index in [9.17, 15) is 0 Å². The number of nitrogens with one attached hydrogen (secondary N) is 1. The minimum Gasteiger partial charge on any atom is -0.497 e. The fourth-order valence-electron chi connectivity index (χ4n) is 1.66. The SMILES string of the molecule is COc1cc(OC)cc(-c2nnc(CNC(C)C)o2)c1. The minimum atomic E-state index is 0.363. The molecule has 0 aliphatic carbocycles. The van der Waals surface area contributed by atoms with E-state index >= 15 is 0 Å². The fourth-order valence-corrected chi connectivity index (χ4v) is 1.66. The number of benzene rings is 1. The Morgan fingerprint density at radius 1 is 1.10 bits per heavy atom. The highest BCUT2D eigenvalue weighted by Crippen LogP contribution is 2.28. The van der Waals surface area contributed by atoms with Crippen molar-refractivity contribution in [3.8, 4) is 23.0 Å². The molecule has 2 aromatic rings. The second kappa shape index (κ2) is 6.38. The fraction of sp³-hybridized carbons (Fsp3) is 0.429. The summed E-state index contributed by atoms with van der Waals surface area (Å²) in [5.74, 6) is 2.36. The van der Waals surface area contributed by atoms with Crippen molar-refractivity contribution < 1.29 is 13.9 Å². The van der Waals surface area contributed by atoms with Gasteiger partial charge in [0, 0.05) is 17.7 Å². The number of hydrogen-bond donors (Lipinski definition) is 1. The van der Waals surface area contributed by atoms with Crippen LogP contribution in [0.3, 0.4) is 0 Å². The molecule has 0 atom stereocenters. The van der Waals surface area contributed by atoms with Crippen LogP contribution in [0.2, 0.25) is 0 Å². The Morgan fingerprint density at radius 3 is 2.30 bits per heavy atom. The molecule has 0 saturated heterocycles. The average molecular weight is 277 g/mol. The third-order valence-electron chi connectivity index (χ3n) is 2.73. The normalized spacial score (nSPS) is 10.8. The molecule has 0 saturated carbocycles. The van der Waals surface area contributed by atoms with Crippen LogP contribution in [0, 0.1) is 0 Å². The first-order valence-corrected chi connectivity index (χ1v) is 6.41. The summed E-state index contributed by atoms with van der Waals surface area (Å²) in [5, 5.41) is 11.3. The van der Waals surface area contributed by atoms with Crippen molar-refractivity contribution in [1.29, 1.82) is 0 Å². The molecule has 0 radical (unpaired) electrons. The van der Waals surface area contributed by atoms with E-state index in [1.54, 1.807) is 20.3 Å². The maximum absolute atomic E-state index is 5.62. The Labute approximate surface area is 118 Å². The summed E-state index contributed by atoms with van der Waals surface area (Å²) in [5.41, 5.74) is 0.768. The number of hydrogen-bond acceptors (Lipinski definition) is 6. The van der Waals surface area contributed by atoms with E-state index in [-0.39, 0.29) is 0 Å². The molecular weight excluding hydrogens is 258 g/mol. The third-order valence-corrected chi connectivity index (χ3v) is 2.73. The van der Waals surface area contributed by atoms with Crippen LogP contribution >= 0.6 is 0 Å². The van der Waals surface area contributed by atoms with Crippen molar-refractivity contribution in [3.63, 3.8) is 0 Å². The zero-order chi connectivity index (χ0) is 14.5. The zero-order valence-electron chi connectivity index (χ0n) is 12.1. The van der Waals surface area contributed by atoms with E-state index in [1.165, 1.54) is 0 Å². The maximum Gasteiger partial charge on any atom is 0.248 e. The van der Waals surface area contributed by atoms with Crippen LogP contribution in [0.1, 0.15) is 19.7 Å². The van der Waals surface area contributed by atoms with Crippen LogP contribution in [-0.4, -0.2) is 30.5 Å². The van der Waals surface area contributed by atoms with Gasteiger partial charge in [-0.15, -0.1) is 10.2 Å². The van der Waals surface area contributed by atoms with Gasteiger partial charge in [0.2, 0.25) is 11.8 Å². The lowest BCUT2D eigenvalue weighted by molar-refractivity contribution is 0.394. The first-order chi connectivity index (χ1) is 9.62. The average Bonchev–Trinajstić information content (AvgIpc) is 2.93. The smallest absolute Gasteiger partial charge is 0.248 e. The molecule has 108 valence electrons. The van der Waals surface area contributed by atoms with Crippen molar-refractivity contribution in [2.45, 2.75) is 26.4 Å². The summed E-state index contributed by atoms with van der Waals surface area (Å²) in [6.45, 7) is 4.67. The first kappa shape index (κ1) is 14.3. The first-order valence-electron chi connectivity index (χ1n) is 6.41. The molecule has 0 unspecified atom stereocenters.